The van der Waals surface area contributed by atoms with Crippen molar-refractivity contribution in [1.29, 1.82) is 0 Å². The van der Waals surface area contributed by atoms with Gasteiger partial charge in [0.1, 0.15) is 11.6 Å². The molecule has 0 saturated carbocycles. The van der Waals surface area contributed by atoms with Crippen LogP contribution in [0.1, 0.15) is 41.4 Å². The Morgan fingerprint density at radius 1 is 1.12 bits per heavy atom. The lowest BCUT2D eigenvalue weighted by Crippen LogP contribution is -2.33. The van der Waals surface area contributed by atoms with Crippen molar-refractivity contribution in [2.45, 2.75) is 31.7 Å². The lowest BCUT2D eigenvalue weighted by Gasteiger charge is -2.31. The summed E-state index contributed by atoms with van der Waals surface area (Å²) in [6, 6.07) is 12.3. The molecule has 134 valence electrons. The van der Waals surface area contributed by atoms with Crippen molar-refractivity contribution in [1.82, 2.24) is 25.1 Å². The summed E-state index contributed by atoms with van der Waals surface area (Å²) < 4.78 is 0. The van der Waals surface area contributed by atoms with Gasteiger partial charge >= 0.3 is 0 Å². The van der Waals surface area contributed by atoms with Gasteiger partial charge in [-0.15, -0.1) is 0 Å². The Hall–Kier alpha value is -2.73. The number of likely N-dealkylation sites (tertiary alicyclic amines) is 1. The highest BCUT2D eigenvalue weighted by Gasteiger charge is 2.24. The zero-order valence-corrected chi connectivity index (χ0v) is 14.8. The third-order valence-corrected chi connectivity index (χ3v) is 5.08. The van der Waals surface area contributed by atoms with E-state index in [0.29, 0.717) is 11.7 Å². The molecule has 26 heavy (non-hydrogen) atoms. The van der Waals surface area contributed by atoms with E-state index in [0.717, 1.165) is 44.7 Å². The zero-order valence-electron chi connectivity index (χ0n) is 14.8. The van der Waals surface area contributed by atoms with E-state index in [1.54, 1.807) is 12.3 Å². The highest BCUT2D eigenvalue weighted by molar-refractivity contribution is 5.29. The Bertz CT molecular complexity index is 836. The van der Waals surface area contributed by atoms with E-state index in [1.165, 1.54) is 16.8 Å². The van der Waals surface area contributed by atoms with E-state index in [1.807, 2.05) is 6.20 Å². The SMILES string of the molecule is Nc1ccnc(CN2CCC(c3[nH]ncc3Cc3ccccc3)CC2)n1. The fourth-order valence-corrected chi connectivity index (χ4v) is 3.70. The maximum absolute atomic E-state index is 5.75. The smallest absolute Gasteiger partial charge is 0.144 e. The zero-order chi connectivity index (χ0) is 17.8. The van der Waals surface area contributed by atoms with Crippen LogP contribution in [0.5, 0.6) is 0 Å². The second kappa shape index (κ2) is 7.66. The van der Waals surface area contributed by atoms with Gasteiger partial charge in [-0.05, 0) is 43.1 Å². The minimum absolute atomic E-state index is 0.535. The number of nitrogens with zero attached hydrogens (tertiary/aromatic N) is 4. The Balaban J connectivity index is 1.37. The number of H-pyrrole nitrogens is 1. The topological polar surface area (TPSA) is 83.7 Å². The summed E-state index contributed by atoms with van der Waals surface area (Å²) in [6.45, 7) is 2.83. The van der Waals surface area contributed by atoms with Crippen LogP contribution in [-0.4, -0.2) is 38.2 Å². The van der Waals surface area contributed by atoms with E-state index in [-0.39, 0.29) is 0 Å². The van der Waals surface area contributed by atoms with Crippen molar-refractivity contribution in [2.24, 2.45) is 0 Å². The van der Waals surface area contributed by atoms with E-state index in [9.17, 15) is 0 Å². The third-order valence-electron chi connectivity index (χ3n) is 5.08. The van der Waals surface area contributed by atoms with Crippen molar-refractivity contribution >= 4 is 5.82 Å². The molecule has 0 aliphatic carbocycles. The van der Waals surface area contributed by atoms with Crippen LogP contribution >= 0.6 is 0 Å². The first kappa shape index (κ1) is 16.7. The highest BCUT2D eigenvalue weighted by atomic mass is 15.2. The van der Waals surface area contributed by atoms with Crippen LogP contribution in [-0.2, 0) is 13.0 Å². The molecule has 0 radical (unpaired) electrons. The average Bonchev–Trinajstić information content (AvgIpc) is 3.11. The van der Waals surface area contributed by atoms with Crippen LogP contribution in [0.3, 0.4) is 0 Å². The van der Waals surface area contributed by atoms with Crippen LogP contribution < -0.4 is 5.73 Å². The maximum atomic E-state index is 5.75. The molecule has 0 atom stereocenters. The number of nitrogens with one attached hydrogen (secondary N) is 1. The van der Waals surface area contributed by atoms with Gasteiger partial charge in [0.15, 0.2) is 0 Å². The van der Waals surface area contributed by atoms with Gasteiger partial charge < -0.3 is 5.73 Å². The molecule has 1 aromatic carbocycles. The second-order valence-corrected chi connectivity index (χ2v) is 6.92. The molecule has 0 bridgehead atoms. The first-order chi connectivity index (χ1) is 12.8. The number of piperidine rings is 1. The number of benzene rings is 1. The molecule has 1 saturated heterocycles. The van der Waals surface area contributed by atoms with Gasteiger partial charge in [-0.2, -0.15) is 5.10 Å². The van der Waals surface area contributed by atoms with Crippen molar-refractivity contribution in [2.75, 3.05) is 18.8 Å². The summed E-state index contributed by atoms with van der Waals surface area (Å²) in [5.74, 6) is 1.87. The molecular weight excluding hydrogens is 324 g/mol. The molecule has 2 aromatic heterocycles. The number of aromatic amines is 1. The first-order valence-electron chi connectivity index (χ1n) is 9.14. The van der Waals surface area contributed by atoms with Crippen LogP contribution in [0, 0.1) is 0 Å². The number of nitrogen functional groups attached to an aromatic ring is 1. The molecule has 6 heteroatoms. The maximum Gasteiger partial charge on any atom is 0.144 e. The Morgan fingerprint density at radius 2 is 1.92 bits per heavy atom. The number of anilines is 1. The number of nitrogens with two attached hydrogens (primary N) is 1. The summed E-state index contributed by atoms with van der Waals surface area (Å²) in [7, 11) is 0. The summed E-state index contributed by atoms with van der Waals surface area (Å²) in [5, 5.41) is 7.58. The van der Waals surface area contributed by atoms with E-state index < -0.39 is 0 Å². The lowest BCUT2D eigenvalue weighted by molar-refractivity contribution is 0.198. The van der Waals surface area contributed by atoms with Gasteiger partial charge in [-0.25, -0.2) is 9.97 Å². The highest BCUT2D eigenvalue weighted by Crippen LogP contribution is 2.30. The summed E-state index contributed by atoms with van der Waals surface area (Å²) in [6.07, 6.45) is 6.88. The number of hydrogen-bond donors (Lipinski definition) is 2. The summed E-state index contributed by atoms with van der Waals surface area (Å²) >= 11 is 0. The summed E-state index contributed by atoms with van der Waals surface area (Å²) in [5.41, 5.74) is 9.69. The predicted octanol–water partition coefficient (Wildman–Crippen LogP) is 2.75. The normalized spacial score (nSPS) is 16.0. The Labute approximate surface area is 153 Å². The average molecular weight is 348 g/mol. The van der Waals surface area contributed by atoms with E-state index in [2.05, 4.69) is 55.4 Å². The fraction of sp³-hybridized carbons (Fsp3) is 0.350. The van der Waals surface area contributed by atoms with Crippen molar-refractivity contribution in [3.63, 3.8) is 0 Å². The van der Waals surface area contributed by atoms with Crippen molar-refractivity contribution < 1.29 is 0 Å². The minimum atomic E-state index is 0.535. The molecule has 0 amide bonds. The second-order valence-electron chi connectivity index (χ2n) is 6.92. The third kappa shape index (κ3) is 3.91. The number of aromatic nitrogens is 4. The largest absolute Gasteiger partial charge is 0.384 e. The first-order valence-corrected chi connectivity index (χ1v) is 9.14. The van der Waals surface area contributed by atoms with Crippen LogP contribution in [0.4, 0.5) is 5.82 Å². The molecule has 1 fully saturated rings. The van der Waals surface area contributed by atoms with Gasteiger partial charge in [-0.3, -0.25) is 10.00 Å². The van der Waals surface area contributed by atoms with Gasteiger partial charge in [-0.1, -0.05) is 30.3 Å². The van der Waals surface area contributed by atoms with Crippen molar-refractivity contribution in [3.05, 3.63) is 71.4 Å². The molecule has 1 aliphatic heterocycles. The quantitative estimate of drug-likeness (QED) is 0.741. The fourth-order valence-electron chi connectivity index (χ4n) is 3.70. The molecule has 0 spiro atoms. The van der Waals surface area contributed by atoms with Crippen LogP contribution in [0.2, 0.25) is 0 Å². The number of hydrogen-bond acceptors (Lipinski definition) is 5. The molecule has 4 rings (SSSR count). The van der Waals surface area contributed by atoms with Gasteiger partial charge in [0.2, 0.25) is 0 Å². The van der Waals surface area contributed by atoms with Crippen LogP contribution in [0.15, 0.2) is 48.8 Å². The van der Waals surface area contributed by atoms with Crippen LogP contribution in [0.25, 0.3) is 0 Å². The molecule has 3 aromatic rings. The molecule has 3 heterocycles. The molecular formula is C20H24N6. The van der Waals surface area contributed by atoms with E-state index >= 15 is 0 Å². The number of rotatable bonds is 5. The molecule has 0 unspecified atom stereocenters. The lowest BCUT2D eigenvalue weighted by atomic mass is 9.90. The van der Waals surface area contributed by atoms with Gasteiger partial charge in [0.25, 0.3) is 0 Å². The van der Waals surface area contributed by atoms with E-state index in [4.69, 9.17) is 5.73 Å². The minimum Gasteiger partial charge on any atom is -0.384 e. The standard InChI is InChI=1S/C20H24N6/c21-18-6-9-22-19(24-18)14-26-10-7-16(8-11-26)20-17(13-23-25-20)12-15-4-2-1-3-5-15/h1-6,9,13,16H,7-8,10-12,14H2,(H,23,25)(H2,21,22,24). The molecule has 3 N–H and O–H groups in total. The Morgan fingerprint density at radius 3 is 2.69 bits per heavy atom. The van der Waals surface area contributed by atoms with Gasteiger partial charge in [0.05, 0.1) is 12.7 Å². The Kier molecular flexibility index (Phi) is 4.93. The monoisotopic (exact) mass is 348 g/mol. The van der Waals surface area contributed by atoms with Crippen molar-refractivity contribution in [3.8, 4) is 0 Å². The van der Waals surface area contributed by atoms with Gasteiger partial charge in [0, 0.05) is 24.2 Å². The molecule has 1 aliphatic rings. The summed E-state index contributed by atoms with van der Waals surface area (Å²) in [4.78, 5) is 11.0. The predicted molar refractivity (Wildman–Crippen MR) is 102 cm³/mol. The molecule has 6 nitrogen and oxygen atoms in total.